The van der Waals surface area contributed by atoms with Crippen molar-refractivity contribution >= 4 is 27.4 Å². The number of piperazine rings is 1. The summed E-state index contributed by atoms with van der Waals surface area (Å²) in [4.78, 5) is 13.1. The Morgan fingerprint density at radius 2 is 1.85 bits per heavy atom. The summed E-state index contributed by atoms with van der Waals surface area (Å²) < 4.78 is 0.962. The smallest absolute Gasteiger partial charge is 0.146 e. The number of halogens is 1. The van der Waals surface area contributed by atoms with Crippen LogP contribution in [0.5, 0.6) is 0 Å². The molecule has 0 amide bonds. The van der Waals surface area contributed by atoms with E-state index in [2.05, 4.69) is 66.9 Å². The molecular weight excluding hydrogens is 316 g/mol. The molecule has 1 saturated heterocycles. The first-order valence-electron chi connectivity index (χ1n) is 6.76. The minimum Gasteiger partial charge on any atom is -0.368 e. The summed E-state index contributed by atoms with van der Waals surface area (Å²) in [5, 5.41) is 0. The Morgan fingerprint density at radius 1 is 1.10 bits per heavy atom. The van der Waals surface area contributed by atoms with Crippen molar-refractivity contribution in [1.82, 2.24) is 9.97 Å². The lowest BCUT2D eigenvalue weighted by Crippen LogP contribution is -2.47. The van der Waals surface area contributed by atoms with Crippen LogP contribution < -0.4 is 9.80 Å². The van der Waals surface area contributed by atoms with Crippen LogP contribution in [0.3, 0.4) is 0 Å². The molecule has 0 aliphatic carbocycles. The highest BCUT2D eigenvalue weighted by molar-refractivity contribution is 9.10. The molecule has 3 rings (SSSR count). The molecule has 2 heterocycles. The molecule has 1 aromatic carbocycles. The van der Waals surface area contributed by atoms with Gasteiger partial charge in [-0.05, 0) is 40.5 Å². The van der Waals surface area contributed by atoms with E-state index in [1.807, 2.05) is 0 Å². The SMILES string of the molecule is Cc1cccc(N2CCN(c3ncncc3Br)CC2)c1. The van der Waals surface area contributed by atoms with E-state index < -0.39 is 0 Å². The zero-order chi connectivity index (χ0) is 13.9. The topological polar surface area (TPSA) is 32.3 Å². The van der Waals surface area contributed by atoms with Gasteiger partial charge in [0.25, 0.3) is 0 Å². The van der Waals surface area contributed by atoms with Gasteiger partial charge in [-0.2, -0.15) is 0 Å². The number of benzene rings is 1. The number of hydrogen-bond acceptors (Lipinski definition) is 4. The third kappa shape index (κ3) is 2.77. The van der Waals surface area contributed by atoms with Gasteiger partial charge < -0.3 is 9.80 Å². The van der Waals surface area contributed by atoms with E-state index in [0.29, 0.717) is 0 Å². The van der Waals surface area contributed by atoms with Crippen LogP contribution in [-0.4, -0.2) is 36.1 Å². The van der Waals surface area contributed by atoms with Crippen LogP contribution in [0.2, 0.25) is 0 Å². The first-order valence-corrected chi connectivity index (χ1v) is 7.55. The number of anilines is 2. The van der Waals surface area contributed by atoms with E-state index >= 15 is 0 Å². The minimum absolute atomic E-state index is 0.962. The van der Waals surface area contributed by atoms with Gasteiger partial charge in [0.2, 0.25) is 0 Å². The first-order chi connectivity index (χ1) is 9.74. The molecule has 104 valence electrons. The van der Waals surface area contributed by atoms with Crippen molar-refractivity contribution in [2.75, 3.05) is 36.0 Å². The number of hydrogen-bond donors (Lipinski definition) is 0. The normalized spacial score (nSPS) is 15.5. The quantitative estimate of drug-likeness (QED) is 0.846. The summed E-state index contributed by atoms with van der Waals surface area (Å²) >= 11 is 3.52. The average molecular weight is 333 g/mol. The first kappa shape index (κ1) is 13.4. The maximum atomic E-state index is 4.36. The van der Waals surface area contributed by atoms with Crippen molar-refractivity contribution < 1.29 is 0 Å². The summed E-state index contributed by atoms with van der Waals surface area (Å²) in [6, 6.07) is 8.69. The highest BCUT2D eigenvalue weighted by Gasteiger charge is 2.19. The molecule has 1 aliphatic heterocycles. The predicted molar refractivity (Wildman–Crippen MR) is 85.3 cm³/mol. The Labute approximate surface area is 127 Å². The number of rotatable bonds is 2. The fourth-order valence-corrected chi connectivity index (χ4v) is 3.01. The maximum absolute atomic E-state index is 4.36. The third-order valence-corrected chi connectivity index (χ3v) is 4.15. The second-order valence-electron chi connectivity index (χ2n) is 5.01. The Balaban J connectivity index is 1.70. The molecule has 20 heavy (non-hydrogen) atoms. The molecule has 0 radical (unpaired) electrons. The molecule has 5 heteroatoms. The van der Waals surface area contributed by atoms with E-state index in [-0.39, 0.29) is 0 Å². The van der Waals surface area contributed by atoms with Gasteiger partial charge in [0.05, 0.1) is 4.47 Å². The van der Waals surface area contributed by atoms with E-state index in [0.717, 1.165) is 36.5 Å². The van der Waals surface area contributed by atoms with Gasteiger partial charge in [0, 0.05) is 38.1 Å². The zero-order valence-corrected chi connectivity index (χ0v) is 13.0. The molecule has 0 bridgehead atoms. The highest BCUT2D eigenvalue weighted by atomic mass is 79.9. The molecule has 0 unspecified atom stereocenters. The Morgan fingerprint density at radius 3 is 2.55 bits per heavy atom. The van der Waals surface area contributed by atoms with E-state index in [4.69, 9.17) is 0 Å². The van der Waals surface area contributed by atoms with Gasteiger partial charge in [-0.25, -0.2) is 9.97 Å². The summed E-state index contributed by atoms with van der Waals surface area (Å²) in [5.41, 5.74) is 2.62. The average Bonchev–Trinajstić information content (AvgIpc) is 2.48. The van der Waals surface area contributed by atoms with Crippen molar-refractivity contribution in [3.8, 4) is 0 Å². The molecule has 0 saturated carbocycles. The van der Waals surface area contributed by atoms with Crippen LogP contribution in [0.1, 0.15) is 5.56 Å². The third-order valence-electron chi connectivity index (χ3n) is 3.59. The largest absolute Gasteiger partial charge is 0.368 e. The van der Waals surface area contributed by atoms with Crippen LogP contribution >= 0.6 is 15.9 Å². The minimum atomic E-state index is 0.962. The molecule has 0 spiro atoms. The molecule has 0 atom stereocenters. The van der Waals surface area contributed by atoms with E-state index in [9.17, 15) is 0 Å². The summed E-state index contributed by atoms with van der Waals surface area (Å²) in [6.07, 6.45) is 3.41. The second kappa shape index (κ2) is 5.79. The van der Waals surface area contributed by atoms with Crippen molar-refractivity contribution in [2.45, 2.75) is 6.92 Å². The van der Waals surface area contributed by atoms with Crippen LogP contribution in [0.15, 0.2) is 41.3 Å². The lowest BCUT2D eigenvalue weighted by atomic mass is 10.2. The van der Waals surface area contributed by atoms with Gasteiger partial charge in [-0.1, -0.05) is 12.1 Å². The molecule has 1 aliphatic rings. The van der Waals surface area contributed by atoms with E-state index in [1.54, 1.807) is 12.5 Å². The Hall–Kier alpha value is -1.62. The van der Waals surface area contributed by atoms with Gasteiger partial charge in [-0.15, -0.1) is 0 Å². The molecule has 2 aromatic rings. The van der Waals surface area contributed by atoms with Crippen LogP contribution in [-0.2, 0) is 0 Å². The lowest BCUT2D eigenvalue weighted by molar-refractivity contribution is 0.645. The van der Waals surface area contributed by atoms with Crippen LogP contribution in [0, 0.1) is 6.92 Å². The van der Waals surface area contributed by atoms with Crippen molar-refractivity contribution in [2.24, 2.45) is 0 Å². The Kier molecular flexibility index (Phi) is 3.87. The zero-order valence-electron chi connectivity index (χ0n) is 11.5. The highest BCUT2D eigenvalue weighted by Crippen LogP contribution is 2.24. The van der Waals surface area contributed by atoms with Gasteiger partial charge in [0.15, 0.2) is 0 Å². The fraction of sp³-hybridized carbons (Fsp3) is 0.333. The van der Waals surface area contributed by atoms with E-state index in [1.165, 1.54) is 11.3 Å². The molecule has 1 fully saturated rings. The van der Waals surface area contributed by atoms with Crippen LogP contribution in [0.4, 0.5) is 11.5 Å². The van der Waals surface area contributed by atoms with Crippen LogP contribution in [0.25, 0.3) is 0 Å². The standard InChI is InChI=1S/C15H17BrN4/c1-12-3-2-4-13(9-12)19-5-7-20(8-6-19)15-14(16)10-17-11-18-15/h2-4,9-11H,5-8H2,1H3. The van der Waals surface area contributed by atoms with Crippen molar-refractivity contribution in [3.63, 3.8) is 0 Å². The number of aromatic nitrogens is 2. The van der Waals surface area contributed by atoms with Gasteiger partial charge in [-0.3, -0.25) is 0 Å². The van der Waals surface area contributed by atoms with Gasteiger partial charge >= 0.3 is 0 Å². The predicted octanol–water partition coefficient (Wildman–Crippen LogP) is 2.87. The Bertz CT molecular complexity index is 594. The summed E-state index contributed by atoms with van der Waals surface area (Å²) in [7, 11) is 0. The molecule has 4 nitrogen and oxygen atoms in total. The number of aryl methyl sites for hydroxylation is 1. The second-order valence-corrected chi connectivity index (χ2v) is 5.86. The summed E-state index contributed by atoms with van der Waals surface area (Å²) in [5.74, 6) is 0.990. The monoisotopic (exact) mass is 332 g/mol. The van der Waals surface area contributed by atoms with Crippen molar-refractivity contribution in [3.05, 3.63) is 46.8 Å². The lowest BCUT2D eigenvalue weighted by Gasteiger charge is -2.37. The molecular formula is C15H17BrN4. The summed E-state index contributed by atoms with van der Waals surface area (Å²) in [6.45, 7) is 6.12. The maximum Gasteiger partial charge on any atom is 0.146 e. The molecule has 0 N–H and O–H groups in total. The van der Waals surface area contributed by atoms with Gasteiger partial charge in [0.1, 0.15) is 12.1 Å². The fourth-order valence-electron chi connectivity index (χ4n) is 2.54. The van der Waals surface area contributed by atoms with Crippen molar-refractivity contribution in [1.29, 1.82) is 0 Å². The number of nitrogens with zero attached hydrogens (tertiary/aromatic N) is 4. The molecule has 1 aromatic heterocycles.